The van der Waals surface area contributed by atoms with Crippen LogP contribution in [-0.2, 0) is 11.2 Å². The second kappa shape index (κ2) is 7.49. The van der Waals surface area contributed by atoms with E-state index in [0.29, 0.717) is 17.7 Å². The van der Waals surface area contributed by atoms with Gasteiger partial charge in [0.15, 0.2) is 5.78 Å². The van der Waals surface area contributed by atoms with Crippen LogP contribution in [0.15, 0.2) is 40.9 Å². The summed E-state index contributed by atoms with van der Waals surface area (Å²) in [5.74, 6) is 0.818. The average Bonchev–Trinajstić information content (AvgIpc) is 3.10. The number of halogens is 1. The Hall–Kier alpha value is -1.65. The van der Waals surface area contributed by atoms with Crippen molar-refractivity contribution >= 4 is 21.7 Å². The molecule has 24 heavy (non-hydrogen) atoms. The molecule has 1 atom stereocenters. The summed E-state index contributed by atoms with van der Waals surface area (Å²) in [6, 6.07) is 11.6. The molecule has 3 nitrogen and oxygen atoms in total. The maximum absolute atomic E-state index is 12.8. The number of carbonyl (C=O) groups excluding carboxylic acids is 1. The zero-order valence-electron chi connectivity index (χ0n) is 14.0. The summed E-state index contributed by atoms with van der Waals surface area (Å²) >= 11 is 3.52. The highest BCUT2D eigenvalue weighted by atomic mass is 79.9. The average molecular weight is 389 g/mol. The van der Waals surface area contributed by atoms with Gasteiger partial charge in [-0.05, 0) is 52.5 Å². The van der Waals surface area contributed by atoms with Crippen molar-refractivity contribution in [3.63, 3.8) is 0 Å². The van der Waals surface area contributed by atoms with Crippen LogP contribution >= 0.6 is 15.9 Å². The van der Waals surface area contributed by atoms with Gasteiger partial charge in [0.25, 0.3) is 0 Å². The summed E-state index contributed by atoms with van der Waals surface area (Å²) in [6.07, 6.45) is 1.97. The van der Waals surface area contributed by atoms with Gasteiger partial charge in [0, 0.05) is 22.0 Å². The molecular weight excluding hydrogens is 368 g/mol. The fraction of sp³-hybridized carbons (Fsp3) is 0.350. The van der Waals surface area contributed by atoms with E-state index in [1.807, 2.05) is 43.3 Å². The summed E-state index contributed by atoms with van der Waals surface area (Å²) in [5, 5.41) is 0. The van der Waals surface area contributed by atoms with Crippen molar-refractivity contribution in [1.82, 2.24) is 0 Å². The summed E-state index contributed by atoms with van der Waals surface area (Å²) in [5.41, 5.74) is 3.54. The van der Waals surface area contributed by atoms with Gasteiger partial charge in [-0.3, -0.25) is 4.79 Å². The third kappa shape index (κ3) is 3.70. The molecule has 4 heteroatoms. The zero-order valence-corrected chi connectivity index (χ0v) is 15.6. The highest BCUT2D eigenvalue weighted by Gasteiger charge is 2.20. The van der Waals surface area contributed by atoms with Crippen LogP contribution in [0.5, 0.6) is 5.75 Å². The molecule has 0 N–H and O–H groups in total. The summed E-state index contributed by atoms with van der Waals surface area (Å²) in [4.78, 5) is 12.8. The predicted molar refractivity (Wildman–Crippen MR) is 98.0 cm³/mol. The van der Waals surface area contributed by atoms with Gasteiger partial charge in [0.1, 0.15) is 11.9 Å². The van der Waals surface area contributed by atoms with Crippen molar-refractivity contribution in [3.05, 3.63) is 63.1 Å². The Bertz CT molecular complexity index is 731. The Morgan fingerprint density at radius 3 is 2.67 bits per heavy atom. The Balaban J connectivity index is 1.84. The molecule has 2 aromatic rings. The summed E-state index contributed by atoms with van der Waals surface area (Å²) in [7, 11) is 0. The normalized spacial score (nSPS) is 17.0. The van der Waals surface area contributed by atoms with E-state index < -0.39 is 0 Å². The number of ketones is 1. The molecule has 1 aliphatic rings. The monoisotopic (exact) mass is 388 g/mol. The third-order valence-corrected chi connectivity index (χ3v) is 4.97. The number of rotatable bonds is 5. The maximum Gasteiger partial charge on any atom is 0.194 e. The molecule has 0 saturated carbocycles. The lowest BCUT2D eigenvalue weighted by atomic mass is 9.99. The van der Waals surface area contributed by atoms with Crippen LogP contribution in [0.4, 0.5) is 0 Å². The first kappa shape index (κ1) is 17.2. The van der Waals surface area contributed by atoms with Gasteiger partial charge in [0.05, 0.1) is 13.2 Å². The first-order chi connectivity index (χ1) is 11.6. The second-order valence-electron chi connectivity index (χ2n) is 6.08. The van der Waals surface area contributed by atoms with E-state index in [1.54, 1.807) is 0 Å². The molecule has 1 heterocycles. The molecule has 0 aliphatic carbocycles. The van der Waals surface area contributed by atoms with Crippen LogP contribution in [0, 0.1) is 6.92 Å². The van der Waals surface area contributed by atoms with Crippen molar-refractivity contribution in [1.29, 1.82) is 0 Å². The van der Waals surface area contributed by atoms with Crippen LogP contribution in [0.25, 0.3) is 0 Å². The van der Waals surface area contributed by atoms with Crippen LogP contribution in [0.3, 0.4) is 0 Å². The van der Waals surface area contributed by atoms with Crippen molar-refractivity contribution in [3.8, 4) is 5.75 Å². The minimum atomic E-state index is 0.0170. The minimum absolute atomic E-state index is 0.0170. The molecular formula is C20H21BrO3. The zero-order chi connectivity index (χ0) is 17.1. The highest BCUT2D eigenvalue weighted by Crippen LogP contribution is 2.30. The molecule has 0 radical (unpaired) electrons. The molecule has 126 valence electrons. The number of benzene rings is 2. The van der Waals surface area contributed by atoms with Crippen molar-refractivity contribution in [2.45, 2.75) is 32.8 Å². The van der Waals surface area contributed by atoms with Gasteiger partial charge in [-0.1, -0.05) is 31.2 Å². The molecule has 1 unspecified atom stereocenters. The first-order valence-electron chi connectivity index (χ1n) is 8.26. The van der Waals surface area contributed by atoms with E-state index in [2.05, 4.69) is 22.9 Å². The largest absolute Gasteiger partial charge is 0.488 e. The number of hydrogen-bond donors (Lipinski definition) is 0. The fourth-order valence-corrected chi connectivity index (χ4v) is 3.30. The number of carbonyl (C=O) groups is 1. The van der Waals surface area contributed by atoms with Gasteiger partial charge in [0.2, 0.25) is 0 Å². The summed E-state index contributed by atoms with van der Waals surface area (Å²) in [6.45, 7) is 5.44. The maximum atomic E-state index is 12.8. The second-order valence-corrected chi connectivity index (χ2v) is 6.93. The van der Waals surface area contributed by atoms with Crippen molar-refractivity contribution in [2.75, 3.05) is 13.2 Å². The number of hydrogen-bond acceptors (Lipinski definition) is 3. The quantitative estimate of drug-likeness (QED) is 0.695. The third-order valence-electron chi connectivity index (χ3n) is 4.32. The van der Waals surface area contributed by atoms with E-state index in [4.69, 9.17) is 9.47 Å². The smallest absolute Gasteiger partial charge is 0.194 e. The Morgan fingerprint density at radius 1 is 1.29 bits per heavy atom. The van der Waals surface area contributed by atoms with Crippen LogP contribution < -0.4 is 4.74 Å². The van der Waals surface area contributed by atoms with E-state index in [1.165, 1.54) is 5.56 Å². The SMILES string of the molecule is CCc1ccc(C(=O)c2cc(C)c(OC3CCOC3)cc2Br)cc1. The molecule has 0 bridgehead atoms. The molecule has 1 aliphatic heterocycles. The lowest BCUT2D eigenvalue weighted by molar-refractivity contribution is 0.103. The highest BCUT2D eigenvalue weighted by molar-refractivity contribution is 9.10. The van der Waals surface area contributed by atoms with Gasteiger partial charge >= 0.3 is 0 Å². The standard InChI is InChI=1S/C20H21BrO3/c1-3-14-4-6-15(7-5-14)20(22)17-10-13(2)19(11-18(17)21)24-16-8-9-23-12-16/h4-7,10-11,16H,3,8-9,12H2,1-2H3. The summed E-state index contributed by atoms with van der Waals surface area (Å²) < 4.78 is 12.1. The lowest BCUT2D eigenvalue weighted by Gasteiger charge is -2.16. The van der Waals surface area contributed by atoms with Gasteiger partial charge < -0.3 is 9.47 Å². The Kier molecular flexibility index (Phi) is 5.36. The van der Waals surface area contributed by atoms with Gasteiger partial charge in [-0.25, -0.2) is 0 Å². The van der Waals surface area contributed by atoms with Crippen LogP contribution in [0.2, 0.25) is 0 Å². The van der Waals surface area contributed by atoms with Crippen molar-refractivity contribution < 1.29 is 14.3 Å². The van der Waals surface area contributed by atoms with Crippen LogP contribution in [0.1, 0.15) is 40.4 Å². The number of ether oxygens (including phenoxy) is 2. The lowest BCUT2D eigenvalue weighted by Crippen LogP contribution is -2.16. The first-order valence-corrected chi connectivity index (χ1v) is 9.06. The van der Waals surface area contributed by atoms with Gasteiger partial charge in [-0.15, -0.1) is 0 Å². The Labute approximate surface area is 151 Å². The number of aryl methyl sites for hydroxylation is 2. The van der Waals surface area contributed by atoms with E-state index in [9.17, 15) is 4.79 Å². The molecule has 1 saturated heterocycles. The van der Waals surface area contributed by atoms with Gasteiger partial charge in [-0.2, -0.15) is 0 Å². The minimum Gasteiger partial charge on any atom is -0.488 e. The topological polar surface area (TPSA) is 35.5 Å². The molecule has 0 aromatic heterocycles. The fourth-order valence-electron chi connectivity index (χ4n) is 2.80. The molecule has 0 spiro atoms. The predicted octanol–water partition coefficient (Wildman–Crippen LogP) is 4.72. The molecule has 1 fully saturated rings. The molecule has 2 aromatic carbocycles. The molecule has 3 rings (SSSR count). The van der Waals surface area contributed by atoms with Crippen LogP contribution in [-0.4, -0.2) is 25.1 Å². The van der Waals surface area contributed by atoms with E-state index in [0.717, 1.165) is 35.2 Å². The van der Waals surface area contributed by atoms with Crippen molar-refractivity contribution in [2.24, 2.45) is 0 Å². The van der Waals surface area contributed by atoms with E-state index in [-0.39, 0.29) is 11.9 Å². The Morgan fingerprint density at radius 2 is 2.04 bits per heavy atom. The van der Waals surface area contributed by atoms with E-state index >= 15 is 0 Å². The molecule has 0 amide bonds.